The standard InChI is InChI=1S/C18H24N4O3/c1-12(2)22-13(3)6-7-14(18(22)24)17-19-15(25-20-17)8-9-16(23)21-10-4-5-11-21/h6-7,12H,4-5,8-11H2,1-3H3. The summed E-state index contributed by atoms with van der Waals surface area (Å²) < 4.78 is 6.95. The lowest BCUT2D eigenvalue weighted by atomic mass is 10.2. The highest BCUT2D eigenvalue weighted by Crippen LogP contribution is 2.16. The van der Waals surface area contributed by atoms with Gasteiger partial charge in [-0.25, -0.2) is 0 Å². The van der Waals surface area contributed by atoms with E-state index < -0.39 is 0 Å². The first-order chi connectivity index (χ1) is 12.0. The Bertz CT molecular complexity index is 816. The number of carbonyl (C=O) groups excluding carboxylic acids is 1. The molecule has 1 amide bonds. The van der Waals surface area contributed by atoms with Crippen LogP contribution in [0.25, 0.3) is 11.4 Å². The van der Waals surface area contributed by atoms with Gasteiger partial charge in [0.1, 0.15) is 0 Å². The Balaban J connectivity index is 1.74. The number of carbonyl (C=O) groups is 1. The maximum absolute atomic E-state index is 12.7. The van der Waals surface area contributed by atoms with E-state index in [1.165, 1.54) is 0 Å². The van der Waals surface area contributed by atoms with Gasteiger partial charge in [0.05, 0.1) is 5.56 Å². The first-order valence-electron chi connectivity index (χ1n) is 8.80. The van der Waals surface area contributed by atoms with Gasteiger partial charge in [-0.15, -0.1) is 0 Å². The summed E-state index contributed by atoms with van der Waals surface area (Å²) in [6, 6.07) is 3.65. The van der Waals surface area contributed by atoms with E-state index in [0.717, 1.165) is 31.6 Å². The Morgan fingerprint density at radius 1 is 1.28 bits per heavy atom. The predicted octanol–water partition coefficient (Wildman–Crippen LogP) is 2.34. The SMILES string of the molecule is Cc1ccc(-c2noc(CCC(=O)N3CCCC3)n2)c(=O)n1C(C)C. The lowest BCUT2D eigenvalue weighted by Crippen LogP contribution is -2.27. The smallest absolute Gasteiger partial charge is 0.262 e. The van der Waals surface area contributed by atoms with E-state index in [1.54, 1.807) is 10.6 Å². The molecule has 0 aromatic carbocycles. The number of aryl methyl sites for hydroxylation is 2. The fraction of sp³-hybridized carbons (Fsp3) is 0.556. The van der Waals surface area contributed by atoms with Crippen LogP contribution in [-0.4, -0.2) is 38.6 Å². The molecule has 2 aromatic rings. The number of hydrogen-bond donors (Lipinski definition) is 0. The molecule has 2 aromatic heterocycles. The van der Waals surface area contributed by atoms with Gasteiger partial charge in [-0.1, -0.05) is 5.16 Å². The third kappa shape index (κ3) is 3.65. The second kappa shape index (κ2) is 7.21. The fourth-order valence-corrected chi connectivity index (χ4v) is 3.26. The number of nitrogens with zero attached hydrogens (tertiary/aromatic N) is 4. The lowest BCUT2D eigenvalue weighted by Gasteiger charge is -2.14. The van der Waals surface area contributed by atoms with Crippen molar-refractivity contribution in [1.29, 1.82) is 0 Å². The van der Waals surface area contributed by atoms with Crippen LogP contribution in [0.2, 0.25) is 0 Å². The summed E-state index contributed by atoms with van der Waals surface area (Å²) >= 11 is 0. The average Bonchev–Trinajstić information content (AvgIpc) is 3.24. The first kappa shape index (κ1) is 17.4. The quantitative estimate of drug-likeness (QED) is 0.831. The molecule has 0 atom stereocenters. The van der Waals surface area contributed by atoms with Crippen molar-refractivity contribution < 1.29 is 9.32 Å². The second-order valence-electron chi connectivity index (χ2n) is 6.76. The topological polar surface area (TPSA) is 81.2 Å². The highest BCUT2D eigenvalue weighted by Gasteiger charge is 2.20. The fourth-order valence-electron chi connectivity index (χ4n) is 3.26. The Hall–Kier alpha value is -2.44. The maximum Gasteiger partial charge on any atom is 0.262 e. The number of amides is 1. The summed E-state index contributed by atoms with van der Waals surface area (Å²) in [6.45, 7) is 7.50. The van der Waals surface area contributed by atoms with Crippen molar-refractivity contribution in [1.82, 2.24) is 19.6 Å². The van der Waals surface area contributed by atoms with Crippen molar-refractivity contribution in [2.75, 3.05) is 13.1 Å². The van der Waals surface area contributed by atoms with Crippen molar-refractivity contribution in [3.8, 4) is 11.4 Å². The van der Waals surface area contributed by atoms with Crippen LogP contribution in [0.5, 0.6) is 0 Å². The van der Waals surface area contributed by atoms with Crippen molar-refractivity contribution in [3.05, 3.63) is 34.1 Å². The van der Waals surface area contributed by atoms with Crippen molar-refractivity contribution >= 4 is 5.91 Å². The molecule has 0 unspecified atom stereocenters. The number of likely N-dealkylation sites (tertiary alicyclic amines) is 1. The molecule has 0 saturated carbocycles. The van der Waals surface area contributed by atoms with Crippen LogP contribution in [0.1, 0.15) is 50.7 Å². The molecule has 0 radical (unpaired) electrons. The summed E-state index contributed by atoms with van der Waals surface area (Å²) in [6.07, 6.45) is 2.90. The van der Waals surface area contributed by atoms with Crippen LogP contribution >= 0.6 is 0 Å². The molecule has 0 spiro atoms. The van der Waals surface area contributed by atoms with Gasteiger partial charge in [0.25, 0.3) is 5.56 Å². The van der Waals surface area contributed by atoms with Crippen LogP contribution in [-0.2, 0) is 11.2 Å². The minimum Gasteiger partial charge on any atom is -0.343 e. The monoisotopic (exact) mass is 344 g/mol. The molecular formula is C18H24N4O3. The van der Waals surface area contributed by atoms with E-state index >= 15 is 0 Å². The predicted molar refractivity (Wildman–Crippen MR) is 93.3 cm³/mol. The number of aromatic nitrogens is 3. The minimum absolute atomic E-state index is 0.0527. The van der Waals surface area contributed by atoms with E-state index in [2.05, 4.69) is 10.1 Å². The molecule has 7 heteroatoms. The lowest BCUT2D eigenvalue weighted by molar-refractivity contribution is -0.130. The third-order valence-corrected chi connectivity index (χ3v) is 4.56. The molecule has 0 bridgehead atoms. The van der Waals surface area contributed by atoms with Crippen LogP contribution in [0.4, 0.5) is 0 Å². The van der Waals surface area contributed by atoms with Crippen molar-refractivity contribution in [2.45, 2.75) is 52.5 Å². The highest BCUT2D eigenvalue weighted by molar-refractivity contribution is 5.76. The number of pyridine rings is 1. The van der Waals surface area contributed by atoms with E-state index in [1.807, 2.05) is 31.7 Å². The molecule has 0 N–H and O–H groups in total. The van der Waals surface area contributed by atoms with Crippen LogP contribution < -0.4 is 5.56 Å². The zero-order valence-corrected chi connectivity index (χ0v) is 15.0. The minimum atomic E-state index is -0.129. The third-order valence-electron chi connectivity index (χ3n) is 4.56. The summed E-state index contributed by atoms with van der Waals surface area (Å²) in [4.78, 5) is 30.9. The molecular weight excluding hydrogens is 320 g/mol. The first-order valence-corrected chi connectivity index (χ1v) is 8.80. The second-order valence-corrected chi connectivity index (χ2v) is 6.76. The molecule has 134 valence electrons. The molecule has 7 nitrogen and oxygen atoms in total. The maximum atomic E-state index is 12.7. The van der Waals surface area contributed by atoms with Crippen molar-refractivity contribution in [3.63, 3.8) is 0 Å². The van der Waals surface area contributed by atoms with Gasteiger partial charge in [-0.05, 0) is 45.7 Å². The van der Waals surface area contributed by atoms with E-state index in [9.17, 15) is 9.59 Å². The molecule has 25 heavy (non-hydrogen) atoms. The van der Waals surface area contributed by atoms with Gasteiger partial charge in [0.2, 0.25) is 17.6 Å². The van der Waals surface area contributed by atoms with Crippen LogP contribution in [0.15, 0.2) is 21.5 Å². The largest absolute Gasteiger partial charge is 0.343 e. The zero-order chi connectivity index (χ0) is 18.0. The summed E-state index contributed by atoms with van der Waals surface area (Å²) in [5.74, 6) is 0.788. The van der Waals surface area contributed by atoms with Gasteiger partial charge < -0.3 is 14.0 Å². The van der Waals surface area contributed by atoms with Gasteiger partial charge in [0.15, 0.2) is 0 Å². The van der Waals surface area contributed by atoms with Gasteiger partial charge in [-0.3, -0.25) is 9.59 Å². The highest BCUT2D eigenvalue weighted by atomic mass is 16.5. The van der Waals surface area contributed by atoms with Crippen LogP contribution in [0.3, 0.4) is 0 Å². The molecule has 0 aliphatic carbocycles. The summed E-state index contributed by atoms with van der Waals surface area (Å²) in [5, 5.41) is 3.93. The zero-order valence-electron chi connectivity index (χ0n) is 15.0. The average molecular weight is 344 g/mol. The molecule has 3 heterocycles. The molecule has 3 rings (SSSR count). The molecule has 1 aliphatic heterocycles. The molecule has 1 aliphatic rings. The van der Waals surface area contributed by atoms with E-state index in [-0.39, 0.29) is 23.3 Å². The summed E-state index contributed by atoms with van der Waals surface area (Å²) in [5.41, 5.74) is 1.18. The normalized spacial score (nSPS) is 14.5. The number of hydrogen-bond acceptors (Lipinski definition) is 5. The number of rotatable bonds is 5. The van der Waals surface area contributed by atoms with E-state index in [0.29, 0.717) is 24.3 Å². The van der Waals surface area contributed by atoms with Gasteiger partial charge in [0, 0.05) is 37.7 Å². The van der Waals surface area contributed by atoms with Crippen LogP contribution in [0, 0.1) is 6.92 Å². The van der Waals surface area contributed by atoms with E-state index in [4.69, 9.17) is 4.52 Å². The molecule has 1 fully saturated rings. The Morgan fingerprint density at radius 3 is 2.68 bits per heavy atom. The molecule has 1 saturated heterocycles. The summed E-state index contributed by atoms with van der Waals surface area (Å²) in [7, 11) is 0. The Morgan fingerprint density at radius 2 is 2.00 bits per heavy atom. The van der Waals surface area contributed by atoms with Crippen molar-refractivity contribution in [2.24, 2.45) is 0 Å². The van der Waals surface area contributed by atoms with Gasteiger partial charge >= 0.3 is 0 Å². The Kier molecular flexibility index (Phi) is 5.01. The van der Waals surface area contributed by atoms with Gasteiger partial charge in [-0.2, -0.15) is 4.98 Å². The Labute approximate surface area is 146 Å².